The number of hydrogen-bond donors (Lipinski definition) is 0. The molecule has 8 nitrogen and oxygen atoms in total. The quantitative estimate of drug-likeness (QED) is 0.482. The fourth-order valence-electron chi connectivity index (χ4n) is 3.86. The molecule has 1 aliphatic rings. The highest BCUT2D eigenvalue weighted by molar-refractivity contribution is 5.94. The standard InChI is InChI=1S/C24H22N6O2/c31-24(18-9-10-22(26-14-18)30-13-5-11-27-30)29-12-4-6-19(17-29)21-15-25-16-23(28-21)32-20-7-2-1-3-8-20/h1-3,5,7-11,13-16,19H,4,6,12,17H2/t19-/m1/s1. The summed E-state index contributed by atoms with van der Waals surface area (Å²) in [7, 11) is 0. The van der Waals surface area contributed by atoms with E-state index < -0.39 is 0 Å². The lowest BCUT2D eigenvalue weighted by Crippen LogP contribution is -2.39. The van der Waals surface area contributed by atoms with Gasteiger partial charge in [0, 0.05) is 43.8 Å². The second-order valence-electron chi connectivity index (χ2n) is 7.64. The van der Waals surface area contributed by atoms with Gasteiger partial charge in [0.1, 0.15) is 5.75 Å². The third-order valence-electron chi connectivity index (χ3n) is 5.46. The minimum absolute atomic E-state index is 0.0288. The summed E-state index contributed by atoms with van der Waals surface area (Å²) >= 11 is 0. The van der Waals surface area contributed by atoms with Crippen molar-refractivity contribution in [3.05, 3.63) is 90.8 Å². The van der Waals surface area contributed by atoms with Gasteiger partial charge in [0.25, 0.3) is 5.91 Å². The Morgan fingerprint density at radius 1 is 1.03 bits per heavy atom. The largest absolute Gasteiger partial charge is 0.437 e. The Morgan fingerprint density at radius 3 is 2.72 bits per heavy atom. The van der Waals surface area contributed by atoms with Crippen molar-refractivity contribution in [3.8, 4) is 17.4 Å². The van der Waals surface area contributed by atoms with Crippen LogP contribution in [0.2, 0.25) is 0 Å². The number of amides is 1. The van der Waals surface area contributed by atoms with E-state index in [1.165, 1.54) is 0 Å². The topological polar surface area (TPSA) is 86.0 Å². The highest BCUT2D eigenvalue weighted by Gasteiger charge is 2.27. The molecule has 4 aromatic rings. The van der Waals surface area contributed by atoms with Crippen LogP contribution in [0.3, 0.4) is 0 Å². The Bertz CT molecular complexity index is 1180. The van der Waals surface area contributed by atoms with Crippen LogP contribution >= 0.6 is 0 Å². The molecule has 1 aliphatic heterocycles. The van der Waals surface area contributed by atoms with E-state index in [9.17, 15) is 4.79 Å². The number of likely N-dealkylation sites (tertiary alicyclic amines) is 1. The first kappa shape index (κ1) is 19.9. The monoisotopic (exact) mass is 426 g/mol. The van der Waals surface area contributed by atoms with Gasteiger partial charge in [0.2, 0.25) is 5.88 Å². The molecule has 1 saturated heterocycles. The van der Waals surface area contributed by atoms with Gasteiger partial charge < -0.3 is 9.64 Å². The molecule has 5 rings (SSSR count). The van der Waals surface area contributed by atoms with E-state index in [-0.39, 0.29) is 11.8 Å². The minimum Gasteiger partial charge on any atom is -0.437 e. The third kappa shape index (κ3) is 4.34. The molecule has 0 saturated carbocycles. The maximum atomic E-state index is 13.1. The normalized spacial score (nSPS) is 16.0. The summed E-state index contributed by atoms with van der Waals surface area (Å²) in [5.41, 5.74) is 1.40. The number of piperidine rings is 1. The molecule has 1 fully saturated rings. The molecule has 0 N–H and O–H groups in total. The van der Waals surface area contributed by atoms with Crippen LogP contribution in [-0.2, 0) is 0 Å². The molecule has 1 amide bonds. The number of carbonyl (C=O) groups is 1. The second-order valence-corrected chi connectivity index (χ2v) is 7.64. The number of para-hydroxylation sites is 1. The van der Waals surface area contributed by atoms with E-state index in [1.54, 1.807) is 41.6 Å². The van der Waals surface area contributed by atoms with Crippen molar-refractivity contribution in [2.45, 2.75) is 18.8 Å². The second kappa shape index (κ2) is 8.97. The highest BCUT2D eigenvalue weighted by atomic mass is 16.5. The number of ether oxygens (including phenoxy) is 1. The molecule has 32 heavy (non-hydrogen) atoms. The first-order valence-corrected chi connectivity index (χ1v) is 10.6. The van der Waals surface area contributed by atoms with Gasteiger partial charge in [-0.2, -0.15) is 5.10 Å². The minimum atomic E-state index is -0.0288. The van der Waals surface area contributed by atoms with Gasteiger partial charge in [-0.1, -0.05) is 18.2 Å². The number of nitrogens with zero attached hydrogens (tertiary/aromatic N) is 6. The van der Waals surface area contributed by atoms with Crippen molar-refractivity contribution >= 4 is 5.91 Å². The zero-order valence-electron chi connectivity index (χ0n) is 17.4. The smallest absolute Gasteiger partial charge is 0.255 e. The van der Waals surface area contributed by atoms with Crippen molar-refractivity contribution < 1.29 is 9.53 Å². The van der Waals surface area contributed by atoms with Crippen molar-refractivity contribution in [2.75, 3.05) is 13.1 Å². The Kier molecular flexibility index (Phi) is 5.57. The number of hydrogen-bond acceptors (Lipinski definition) is 6. The van der Waals surface area contributed by atoms with Gasteiger partial charge in [0.15, 0.2) is 5.82 Å². The van der Waals surface area contributed by atoms with Crippen LogP contribution < -0.4 is 4.74 Å². The zero-order valence-corrected chi connectivity index (χ0v) is 17.4. The predicted octanol–water partition coefficient (Wildman–Crippen LogP) is 3.87. The summed E-state index contributed by atoms with van der Waals surface area (Å²) in [6.07, 6.45) is 10.3. The van der Waals surface area contributed by atoms with Crippen molar-refractivity contribution in [3.63, 3.8) is 0 Å². The number of carbonyl (C=O) groups excluding carboxylic acids is 1. The summed E-state index contributed by atoms with van der Waals surface area (Å²) in [6.45, 7) is 1.30. The van der Waals surface area contributed by atoms with Crippen molar-refractivity contribution in [2.24, 2.45) is 0 Å². The molecule has 8 heteroatoms. The van der Waals surface area contributed by atoms with E-state index in [0.29, 0.717) is 36.1 Å². The number of benzene rings is 1. The van der Waals surface area contributed by atoms with Crippen LogP contribution in [0.4, 0.5) is 0 Å². The van der Waals surface area contributed by atoms with Crippen LogP contribution in [0.1, 0.15) is 34.8 Å². The van der Waals surface area contributed by atoms with Crippen LogP contribution in [0, 0.1) is 0 Å². The Balaban J connectivity index is 1.28. The molecule has 0 spiro atoms. The molecule has 160 valence electrons. The lowest BCUT2D eigenvalue weighted by atomic mass is 9.94. The first-order chi connectivity index (χ1) is 15.8. The maximum Gasteiger partial charge on any atom is 0.255 e. The lowest BCUT2D eigenvalue weighted by molar-refractivity contribution is 0.0705. The van der Waals surface area contributed by atoms with Gasteiger partial charge in [-0.3, -0.25) is 9.78 Å². The maximum absolute atomic E-state index is 13.1. The molecule has 0 radical (unpaired) electrons. The van der Waals surface area contributed by atoms with Crippen molar-refractivity contribution in [1.82, 2.24) is 29.6 Å². The molecular weight excluding hydrogens is 404 g/mol. The highest BCUT2D eigenvalue weighted by Crippen LogP contribution is 2.28. The average molecular weight is 426 g/mol. The Morgan fingerprint density at radius 2 is 1.94 bits per heavy atom. The van der Waals surface area contributed by atoms with Gasteiger partial charge in [-0.15, -0.1) is 0 Å². The van der Waals surface area contributed by atoms with Gasteiger partial charge in [0.05, 0.1) is 17.5 Å². The zero-order chi connectivity index (χ0) is 21.8. The molecule has 3 aromatic heterocycles. The number of aromatic nitrogens is 5. The van der Waals surface area contributed by atoms with Gasteiger partial charge >= 0.3 is 0 Å². The third-order valence-corrected chi connectivity index (χ3v) is 5.46. The molecular formula is C24H22N6O2. The first-order valence-electron chi connectivity index (χ1n) is 10.6. The summed E-state index contributed by atoms with van der Waals surface area (Å²) in [4.78, 5) is 28.3. The molecule has 0 unspecified atom stereocenters. The van der Waals surface area contributed by atoms with E-state index in [0.717, 1.165) is 18.5 Å². The number of rotatable bonds is 5. The summed E-state index contributed by atoms with van der Waals surface area (Å²) in [5.74, 6) is 1.92. The Labute approximate surface area is 185 Å². The molecule has 1 aromatic carbocycles. The van der Waals surface area contributed by atoms with E-state index >= 15 is 0 Å². The fraction of sp³-hybridized carbons (Fsp3) is 0.208. The van der Waals surface area contributed by atoms with E-state index in [1.807, 2.05) is 47.5 Å². The van der Waals surface area contributed by atoms with Crippen LogP contribution in [-0.4, -0.2) is 48.6 Å². The molecule has 0 bridgehead atoms. The van der Waals surface area contributed by atoms with Crippen molar-refractivity contribution in [1.29, 1.82) is 0 Å². The fourth-order valence-corrected chi connectivity index (χ4v) is 3.86. The molecule has 4 heterocycles. The van der Waals surface area contributed by atoms with Gasteiger partial charge in [-0.05, 0) is 43.2 Å². The van der Waals surface area contributed by atoms with E-state index in [4.69, 9.17) is 4.74 Å². The average Bonchev–Trinajstić information content (AvgIpc) is 3.40. The van der Waals surface area contributed by atoms with Crippen LogP contribution in [0.5, 0.6) is 11.6 Å². The summed E-state index contributed by atoms with van der Waals surface area (Å²) in [5, 5.41) is 4.16. The SMILES string of the molecule is O=C(c1ccc(-n2cccn2)nc1)N1CCC[C@@H](c2cncc(Oc3ccccc3)n2)C1. The van der Waals surface area contributed by atoms with Gasteiger partial charge in [-0.25, -0.2) is 14.6 Å². The summed E-state index contributed by atoms with van der Waals surface area (Å²) in [6, 6.07) is 14.9. The molecule has 0 aliphatic carbocycles. The summed E-state index contributed by atoms with van der Waals surface area (Å²) < 4.78 is 7.49. The van der Waals surface area contributed by atoms with E-state index in [2.05, 4.69) is 20.1 Å². The number of pyridine rings is 1. The lowest BCUT2D eigenvalue weighted by Gasteiger charge is -2.32. The van der Waals surface area contributed by atoms with Crippen LogP contribution in [0.25, 0.3) is 5.82 Å². The Hall–Kier alpha value is -4.07. The predicted molar refractivity (Wildman–Crippen MR) is 118 cm³/mol. The molecule has 1 atom stereocenters. The van der Waals surface area contributed by atoms with Crippen LogP contribution in [0.15, 0.2) is 79.5 Å².